The second kappa shape index (κ2) is 7.64. The number of carbonyl (C=O) groups excluding carboxylic acids is 1. The lowest BCUT2D eigenvalue weighted by molar-refractivity contribution is 0.0949. The largest absolute Gasteiger partial charge is 0.497 e. The quantitative estimate of drug-likeness (QED) is 0.456. The van der Waals surface area contributed by atoms with Crippen molar-refractivity contribution in [3.05, 3.63) is 95.6 Å². The second-order valence-electron chi connectivity index (χ2n) is 6.39. The summed E-state index contributed by atoms with van der Waals surface area (Å²) in [4.78, 5) is 12.9. The van der Waals surface area contributed by atoms with Crippen LogP contribution >= 0.6 is 0 Å². The highest BCUT2D eigenvalue weighted by atomic mass is 16.6. The summed E-state index contributed by atoms with van der Waals surface area (Å²) in [5.74, 6) is 1.26. The number of hydrogen-bond acceptors (Lipinski definition) is 4. The second-order valence-corrected chi connectivity index (χ2v) is 6.39. The zero-order chi connectivity index (χ0) is 18.6. The predicted molar refractivity (Wildman–Crippen MR) is 102 cm³/mol. The molecule has 3 aromatic rings. The molecule has 2 atom stereocenters. The van der Waals surface area contributed by atoms with Crippen molar-refractivity contribution < 1.29 is 19.0 Å². The molecule has 1 heterocycles. The van der Waals surface area contributed by atoms with Gasteiger partial charge in [-0.25, -0.2) is 0 Å². The van der Waals surface area contributed by atoms with Gasteiger partial charge in [0.2, 0.25) is 0 Å². The zero-order valence-electron chi connectivity index (χ0n) is 15.0. The number of carbonyl (C=O) groups is 1. The number of benzene rings is 3. The lowest BCUT2D eigenvalue weighted by Gasteiger charge is -2.10. The number of hydrogen-bond donors (Lipinski definition) is 0. The molecule has 0 aromatic heterocycles. The molecule has 0 aliphatic carbocycles. The molecule has 136 valence electrons. The van der Waals surface area contributed by atoms with Gasteiger partial charge in [0.1, 0.15) is 24.2 Å². The van der Waals surface area contributed by atoms with E-state index in [0.717, 1.165) is 16.9 Å². The third kappa shape index (κ3) is 3.86. The van der Waals surface area contributed by atoms with Crippen LogP contribution in [-0.4, -0.2) is 19.0 Å². The van der Waals surface area contributed by atoms with Crippen LogP contribution < -0.4 is 9.47 Å². The molecule has 27 heavy (non-hydrogen) atoms. The molecule has 0 saturated carbocycles. The van der Waals surface area contributed by atoms with E-state index in [2.05, 4.69) is 0 Å². The van der Waals surface area contributed by atoms with Crippen LogP contribution in [0.4, 0.5) is 0 Å². The first kappa shape index (κ1) is 17.3. The molecule has 4 heteroatoms. The summed E-state index contributed by atoms with van der Waals surface area (Å²) in [5, 5.41) is 0. The first-order valence-electron chi connectivity index (χ1n) is 8.85. The number of para-hydroxylation sites is 1. The SMILES string of the molecule is COc1cccc([C@H]2O[C@H]2C(=O)c2ccccc2OCc2ccccc2)c1. The van der Waals surface area contributed by atoms with Crippen LogP contribution in [0.3, 0.4) is 0 Å². The Labute approximate surface area is 158 Å². The van der Waals surface area contributed by atoms with Gasteiger partial charge in [-0.15, -0.1) is 0 Å². The number of methoxy groups -OCH3 is 1. The van der Waals surface area contributed by atoms with Gasteiger partial charge in [0.15, 0.2) is 11.9 Å². The minimum absolute atomic E-state index is 0.0634. The Hall–Kier alpha value is -3.11. The Morgan fingerprint density at radius 2 is 1.74 bits per heavy atom. The van der Waals surface area contributed by atoms with Crippen LogP contribution in [0.15, 0.2) is 78.9 Å². The van der Waals surface area contributed by atoms with E-state index in [0.29, 0.717) is 17.9 Å². The topological polar surface area (TPSA) is 48.1 Å². The first-order chi connectivity index (χ1) is 13.3. The fraction of sp³-hybridized carbons (Fsp3) is 0.174. The maximum Gasteiger partial charge on any atom is 0.198 e. The van der Waals surface area contributed by atoms with E-state index in [1.54, 1.807) is 13.2 Å². The normalized spacial score (nSPS) is 18.0. The van der Waals surface area contributed by atoms with Gasteiger partial charge in [-0.05, 0) is 35.4 Å². The van der Waals surface area contributed by atoms with E-state index in [-0.39, 0.29) is 11.9 Å². The molecular formula is C23H20O4. The third-order valence-electron chi connectivity index (χ3n) is 4.56. The van der Waals surface area contributed by atoms with E-state index in [4.69, 9.17) is 14.2 Å². The molecule has 0 bridgehead atoms. The molecule has 4 rings (SSSR count). The van der Waals surface area contributed by atoms with Crippen LogP contribution in [0.2, 0.25) is 0 Å². The number of ketones is 1. The highest BCUT2D eigenvalue weighted by Gasteiger charge is 2.47. The molecule has 1 aliphatic heterocycles. The molecule has 0 amide bonds. The summed E-state index contributed by atoms with van der Waals surface area (Å²) in [6, 6.07) is 24.8. The van der Waals surface area contributed by atoms with Crippen LogP contribution in [0.25, 0.3) is 0 Å². The van der Waals surface area contributed by atoms with Gasteiger partial charge >= 0.3 is 0 Å². The lowest BCUT2D eigenvalue weighted by Crippen LogP contribution is -2.10. The summed E-state index contributed by atoms with van der Waals surface area (Å²) in [5.41, 5.74) is 2.54. The fourth-order valence-corrected chi connectivity index (χ4v) is 3.07. The predicted octanol–water partition coefficient (Wildman–Crippen LogP) is 4.60. The van der Waals surface area contributed by atoms with Crippen LogP contribution in [0.5, 0.6) is 11.5 Å². The highest BCUT2D eigenvalue weighted by Crippen LogP contribution is 2.42. The van der Waals surface area contributed by atoms with Crippen LogP contribution in [0.1, 0.15) is 27.6 Å². The molecule has 0 spiro atoms. The van der Waals surface area contributed by atoms with Crippen molar-refractivity contribution in [2.75, 3.05) is 7.11 Å². The Morgan fingerprint density at radius 1 is 0.963 bits per heavy atom. The Bertz CT molecular complexity index is 936. The summed E-state index contributed by atoms with van der Waals surface area (Å²) < 4.78 is 16.8. The molecule has 1 aliphatic rings. The van der Waals surface area contributed by atoms with Gasteiger partial charge in [-0.1, -0.05) is 54.6 Å². The minimum atomic E-state index is -0.487. The van der Waals surface area contributed by atoms with Crippen molar-refractivity contribution in [3.8, 4) is 11.5 Å². The third-order valence-corrected chi connectivity index (χ3v) is 4.56. The Morgan fingerprint density at radius 3 is 2.56 bits per heavy atom. The van der Waals surface area contributed by atoms with Crippen molar-refractivity contribution in [2.45, 2.75) is 18.8 Å². The summed E-state index contributed by atoms with van der Waals surface area (Å²) in [7, 11) is 1.62. The van der Waals surface area contributed by atoms with E-state index >= 15 is 0 Å². The number of Topliss-reactive ketones (excluding diaryl/α,β-unsaturated/α-hetero) is 1. The first-order valence-corrected chi connectivity index (χ1v) is 8.85. The average molecular weight is 360 g/mol. The van der Waals surface area contributed by atoms with Crippen molar-refractivity contribution in [3.63, 3.8) is 0 Å². The molecule has 0 radical (unpaired) electrons. The van der Waals surface area contributed by atoms with Crippen LogP contribution in [0, 0.1) is 0 Å². The Kier molecular flexibility index (Phi) is 4.90. The van der Waals surface area contributed by atoms with Gasteiger partial charge in [0, 0.05) is 0 Å². The standard InChI is InChI=1S/C23H20O4/c1-25-18-11-7-10-17(14-18)22-23(27-22)21(24)19-12-5-6-13-20(19)26-15-16-8-3-2-4-9-16/h2-14,22-23H,15H2,1H3/t22-,23+/m1/s1. The van der Waals surface area contributed by atoms with E-state index in [1.807, 2.05) is 72.8 Å². The zero-order valence-corrected chi connectivity index (χ0v) is 15.0. The van der Waals surface area contributed by atoms with Gasteiger partial charge < -0.3 is 14.2 Å². The fourth-order valence-electron chi connectivity index (χ4n) is 3.07. The highest BCUT2D eigenvalue weighted by molar-refractivity contribution is 6.03. The summed E-state index contributed by atoms with van der Waals surface area (Å²) >= 11 is 0. The monoisotopic (exact) mass is 360 g/mol. The number of rotatable bonds is 7. The van der Waals surface area contributed by atoms with Crippen molar-refractivity contribution in [1.82, 2.24) is 0 Å². The van der Waals surface area contributed by atoms with Crippen molar-refractivity contribution >= 4 is 5.78 Å². The van der Waals surface area contributed by atoms with Gasteiger partial charge in [-0.2, -0.15) is 0 Å². The van der Waals surface area contributed by atoms with Crippen LogP contribution in [-0.2, 0) is 11.3 Å². The molecule has 3 aromatic carbocycles. The lowest BCUT2D eigenvalue weighted by atomic mass is 10.0. The minimum Gasteiger partial charge on any atom is -0.497 e. The van der Waals surface area contributed by atoms with E-state index < -0.39 is 6.10 Å². The van der Waals surface area contributed by atoms with Crippen molar-refractivity contribution in [2.24, 2.45) is 0 Å². The van der Waals surface area contributed by atoms with Crippen molar-refractivity contribution in [1.29, 1.82) is 0 Å². The molecule has 0 N–H and O–H groups in total. The van der Waals surface area contributed by atoms with E-state index in [9.17, 15) is 4.79 Å². The smallest absolute Gasteiger partial charge is 0.198 e. The number of epoxide rings is 1. The molecule has 0 unspecified atom stereocenters. The molecule has 1 saturated heterocycles. The van der Waals surface area contributed by atoms with Gasteiger partial charge in [0.25, 0.3) is 0 Å². The maximum absolute atomic E-state index is 12.9. The number of ether oxygens (including phenoxy) is 3. The summed E-state index contributed by atoms with van der Waals surface area (Å²) in [6.07, 6.45) is -0.728. The average Bonchev–Trinajstić information content (AvgIpc) is 3.54. The molecule has 1 fully saturated rings. The summed E-state index contributed by atoms with van der Waals surface area (Å²) in [6.45, 7) is 0.413. The van der Waals surface area contributed by atoms with Gasteiger partial charge in [0.05, 0.1) is 12.7 Å². The Balaban J connectivity index is 1.48. The molecule has 4 nitrogen and oxygen atoms in total. The van der Waals surface area contributed by atoms with Gasteiger partial charge in [-0.3, -0.25) is 4.79 Å². The molecular weight excluding hydrogens is 340 g/mol. The van der Waals surface area contributed by atoms with E-state index in [1.165, 1.54) is 0 Å². The maximum atomic E-state index is 12.9.